The van der Waals surface area contributed by atoms with E-state index in [2.05, 4.69) is 0 Å². The van der Waals surface area contributed by atoms with Crippen molar-refractivity contribution in [2.75, 3.05) is 13.1 Å². The molecule has 0 radical (unpaired) electrons. The van der Waals surface area contributed by atoms with Crippen molar-refractivity contribution < 1.29 is 27.9 Å². The smallest absolute Gasteiger partial charge is 0.406 e. The largest absolute Gasteiger partial charge is 0.481 e. The van der Waals surface area contributed by atoms with E-state index in [1.807, 2.05) is 0 Å². The molecule has 0 aliphatic carbocycles. The average Bonchev–Trinajstić information content (AvgIpc) is 2.60. The van der Waals surface area contributed by atoms with Gasteiger partial charge >= 0.3 is 12.1 Å². The number of hydrogen-bond acceptors (Lipinski definition) is 2. The van der Waals surface area contributed by atoms with E-state index in [0.29, 0.717) is 0 Å². The molecule has 0 spiro atoms. The highest BCUT2D eigenvalue weighted by Crippen LogP contribution is 2.45. The van der Waals surface area contributed by atoms with Gasteiger partial charge in [-0.3, -0.25) is 9.59 Å². The minimum absolute atomic E-state index is 0.0308. The Bertz CT molecular complexity index is 354. The van der Waals surface area contributed by atoms with Crippen LogP contribution in [-0.2, 0) is 9.59 Å². The lowest BCUT2D eigenvalue weighted by molar-refractivity contribution is -0.227. The summed E-state index contributed by atoms with van der Waals surface area (Å²) >= 11 is 0. The number of aliphatic carboxylic acids is 1. The first-order valence-electron chi connectivity index (χ1n) is 5.68. The van der Waals surface area contributed by atoms with Crippen molar-refractivity contribution in [3.63, 3.8) is 0 Å². The summed E-state index contributed by atoms with van der Waals surface area (Å²) in [6.07, 6.45) is -5.28. The molecule has 104 valence electrons. The zero-order valence-corrected chi connectivity index (χ0v) is 10.3. The van der Waals surface area contributed by atoms with Gasteiger partial charge in [-0.25, -0.2) is 0 Å². The zero-order chi connectivity index (χ0) is 14.1. The molecular formula is C11H16F3NO3. The van der Waals surface area contributed by atoms with Gasteiger partial charge < -0.3 is 10.0 Å². The number of amides is 1. The van der Waals surface area contributed by atoms with Crippen molar-refractivity contribution in [2.45, 2.75) is 32.9 Å². The lowest BCUT2D eigenvalue weighted by Crippen LogP contribution is -2.47. The van der Waals surface area contributed by atoms with E-state index in [0.717, 1.165) is 4.90 Å². The molecule has 0 aromatic carbocycles. The van der Waals surface area contributed by atoms with Gasteiger partial charge in [0.25, 0.3) is 0 Å². The van der Waals surface area contributed by atoms with Crippen molar-refractivity contribution in [1.29, 1.82) is 0 Å². The summed E-state index contributed by atoms with van der Waals surface area (Å²) in [5, 5.41) is 8.82. The Labute approximate surface area is 103 Å². The Balaban J connectivity index is 2.85. The van der Waals surface area contributed by atoms with Crippen LogP contribution in [0, 0.1) is 11.3 Å². The van der Waals surface area contributed by atoms with Gasteiger partial charge in [-0.2, -0.15) is 13.2 Å². The molecule has 1 heterocycles. The summed E-state index contributed by atoms with van der Waals surface area (Å²) in [6.45, 7) is 2.62. The van der Waals surface area contributed by atoms with Crippen LogP contribution in [0.25, 0.3) is 0 Å². The number of halogens is 3. The van der Waals surface area contributed by atoms with Gasteiger partial charge in [-0.05, 0) is 12.3 Å². The van der Waals surface area contributed by atoms with Crippen molar-refractivity contribution in [1.82, 2.24) is 4.90 Å². The first-order valence-corrected chi connectivity index (χ1v) is 5.68. The topological polar surface area (TPSA) is 57.6 Å². The minimum Gasteiger partial charge on any atom is -0.481 e. The van der Waals surface area contributed by atoms with Crippen molar-refractivity contribution >= 4 is 11.9 Å². The van der Waals surface area contributed by atoms with Gasteiger partial charge in [0.05, 0.1) is 0 Å². The van der Waals surface area contributed by atoms with Crippen LogP contribution in [0.15, 0.2) is 0 Å². The number of carboxylic acids is 1. The summed E-state index contributed by atoms with van der Waals surface area (Å²) in [5.74, 6) is -2.30. The number of likely N-dealkylation sites (tertiary alicyclic amines) is 1. The maximum atomic E-state index is 12.8. The van der Waals surface area contributed by atoms with Crippen LogP contribution in [0.3, 0.4) is 0 Å². The molecule has 1 N–H and O–H groups in total. The highest BCUT2D eigenvalue weighted by Gasteiger charge is 2.64. The molecule has 1 rings (SSSR count). The number of nitrogens with zero attached hydrogens (tertiary/aromatic N) is 1. The third kappa shape index (κ3) is 2.59. The van der Waals surface area contributed by atoms with Crippen LogP contribution in [0.5, 0.6) is 0 Å². The second-order valence-electron chi connectivity index (χ2n) is 5.05. The molecule has 1 saturated heterocycles. The molecule has 1 fully saturated rings. The molecule has 18 heavy (non-hydrogen) atoms. The number of alkyl halides is 3. The van der Waals surface area contributed by atoms with Crippen molar-refractivity contribution in [3.8, 4) is 0 Å². The van der Waals surface area contributed by atoms with Crippen molar-refractivity contribution in [2.24, 2.45) is 11.3 Å². The fourth-order valence-electron chi connectivity index (χ4n) is 2.03. The van der Waals surface area contributed by atoms with E-state index >= 15 is 0 Å². The SMILES string of the molecule is CC(C)CC(=O)N1CCC(C(=O)O)(C(F)(F)F)C1. The molecule has 1 aliphatic heterocycles. The lowest BCUT2D eigenvalue weighted by Gasteiger charge is -2.27. The molecule has 4 nitrogen and oxygen atoms in total. The molecule has 1 amide bonds. The quantitative estimate of drug-likeness (QED) is 0.849. The Hall–Kier alpha value is -1.27. The van der Waals surface area contributed by atoms with Gasteiger partial charge in [0, 0.05) is 19.5 Å². The second-order valence-corrected chi connectivity index (χ2v) is 5.05. The van der Waals surface area contributed by atoms with Gasteiger partial charge in [-0.15, -0.1) is 0 Å². The highest BCUT2D eigenvalue weighted by atomic mass is 19.4. The maximum Gasteiger partial charge on any atom is 0.406 e. The number of carboxylic acid groups (broad SMARTS) is 1. The number of hydrogen-bond donors (Lipinski definition) is 1. The van der Waals surface area contributed by atoms with Gasteiger partial charge in [0.2, 0.25) is 5.91 Å². The highest BCUT2D eigenvalue weighted by molar-refractivity contribution is 5.81. The van der Waals surface area contributed by atoms with Gasteiger partial charge in [-0.1, -0.05) is 13.8 Å². The standard InChI is InChI=1S/C11H16F3NO3/c1-7(2)5-8(16)15-4-3-10(6-15,9(17)18)11(12,13)14/h7H,3-6H2,1-2H3,(H,17,18). The van der Waals surface area contributed by atoms with Gasteiger partial charge in [0.1, 0.15) is 0 Å². The molecule has 1 atom stereocenters. The lowest BCUT2D eigenvalue weighted by atomic mass is 9.86. The van der Waals surface area contributed by atoms with E-state index in [-0.39, 0.29) is 18.9 Å². The molecule has 1 aliphatic rings. The third-order valence-electron chi connectivity index (χ3n) is 3.16. The molecule has 1 unspecified atom stereocenters. The Morgan fingerprint density at radius 2 is 1.94 bits per heavy atom. The molecule has 0 aromatic rings. The van der Waals surface area contributed by atoms with Crippen LogP contribution < -0.4 is 0 Å². The fourth-order valence-corrected chi connectivity index (χ4v) is 2.03. The molecule has 0 aromatic heterocycles. The van der Waals surface area contributed by atoms with E-state index in [4.69, 9.17) is 5.11 Å². The van der Waals surface area contributed by atoms with E-state index < -0.39 is 36.4 Å². The molecule has 7 heteroatoms. The van der Waals surface area contributed by atoms with E-state index in [9.17, 15) is 22.8 Å². The monoisotopic (exact) mass is 267 g/mol. The summed E-state index contributed by atoms with van der Waals surface area (Å²) in [7, 11) is 0. The van der Waals surface area contributed by atoms with Crippen LogP contribution >= 0.6 is 0 Å². The third-order valence-corrected chi connectivity index (χ3v) is 3.16. The Morgan fingerprint density at radius 1 is 1.39 bits per heavy atom. The van der Waals surface area contributed by atoms with Gasteiger partial charge in [0.15, 0.2) is 5.41 Å². The normalized spacial score (nSPS) is 24.7. The summed E-state index contributed by atoms with van der Waals surface area (Å²) in [4.78, 5) is 23.6. The van der Waals surface area contributed by atoms with Crippen LogP contribution in [0.1, 0.15) is 26.7 Å². The molecular weight excluding hydrogens is 251 g/mol. The molecule has 0 saturated carbocycles. The average molecular weight is 267 g/mol. The number of carbonyl (C=O) groups excluding carboxylic acids is 1. The summed E-state index contributed by atoms with van der Waals surface area (Å²) in [5.41, 5.74) is -2.81. The predicted molar refractivity (Wildman–Crippen MR) is 56.8 cm³/mol. The number of rotatable bonds is 3. The van der Waals surface area contributed by atoms with Crippen LogP contribution in [0.2, 0.25) is 0 Å². The summed E-state index contributed by atoms with van der Waals surface area (Å²) in [6, 6.07) is 0. The van der Waals surface area contributed by atoms with E-state index in [1.54, 1.807) is 13.8 Å². The first kappa shape index (κ1) is 14.8. The minimum atomic E-state index is -4.84. The van der Waals surface area contributed by atoms with Crippen molar-refractivity contribution in [3.05, 3.63) is 0 Å². The van der Waals surface area contributed by atoms with Crippen LogP contribution in [-0.4, -0.2) is 41.1 Å². The maximum absolute atomic E-state index is 12.8. The first-order chi connectivity index (χ1) is 8.10. The van der Waals surface area contributed by atoms with E-state index in [1.165, 1.54) is 0 Å². The second kappa shape index (κ2) is 4.78. The predicted octanol–water partition coefficient (Wildman–Crippen LogP) is 1.90. The Morgan fingerprint density at radius 3 is 2.28 bits per heavy atom. The Kier molecular flexibility index (Phi) is 3.92. The molecule has 0 bridgehead atoms. The van der Waals surface area contributed by atoms with Crippen LogP contribution in [0.4, 0.5) is 13.2 Å². The fraction of sp³-hybridized carbons (Fsp3) is 0.818. The zero-order valence-electron chi connectivity index (χ0n) is 10.3. The summed E-state index contributed by atoms with van der Waals surface area (Å²) < 4.78 is 38.5. The number of carbonyl (C=O) groups is 2.